The molecule has 1 aliphatic carbocycles. The van der Waals surface area contributed by atoms with Crippen molar-refractivity contribution in [1.82, 2.24) is 4.31 Å². The highest BCUT2D eigenvalue weighted by Gasteiger charge is 2.55. The molecule has 27 heavy (non-hydrogen) atoms. The molecule has 1 atom stereocenters. The number of hydrogen-bond donors (Lipinski definition) is 0. The molecule has 2 aliphatic rings. The average Bonchev–Trinajstić information content (AvgIpc) is 3.38. The number of rotatable bonds is 4. The van der Waals surface area contributed by atoms with Gasteiger partial charge in [-0.25, -0.2) is 17.6 Å². The molecule has 0 spiro atoms. The predicted octanol–water partition coefficient (Wildman–Crippen LogP) is 3.36. The third kappa shape index (κ3) is 3.48. The van der Waals surface area contributed by atoms with Gasteiger partial charge in [-0.15, -0.1) is 0 Å². The van der Waals surface area contributed by atoms with E-state index in [2.05, 4.69) is 4.85 Å². The van der Waals surface area contributed by atoms with Crippen molar-refractivity contribution < 1.29 is 31.1 Å². The molecule has 1 saturated carbocycles. The van der Waals surface area contributed by atoms with Crippen molar-refractivity contribution >= 4 is 21.6 Å². The SMILES string of the molecule is [C-]#[N+]c1ccc(OC2C(=O)N(S(=O)(=O)C3CC3)CC2(C)C)cc1C(F)(F)F. The molecule has 10 heteroatoms. The van der Waals surface area contributed by atoms with Gasteiger partial charge >= 0.3 is 6.18 Å². The molecule has 0 bridgehead atoms. The van der Waals surface area contributed by atoms with E-state index in [1.165, 1.54) is 6.07 Å². The van der Waals surface area contributed by atoms with Gasteiger partial charge in [0.05, 0.1) is 17.4 Å². The zero-order chi connectivity index (χ0) is 20.2. The summed E-state index contributed by atoms with van der Waals surface area (Å²) in [4.78, 5) is 15.5. The molecule has 1 aromatic carbocycles. The fourth-order valence-electron chi connectivity index (χ4n) is 3.02. The topological polar surface area (TPSA) is 68.0 Å². The lowest BCUT2D eigenvalue weighted by Gasteiger charge is -2.24. The predicted molar refractivity (Wildman–Crippen MR) is 89.6 cm³/mol. The molecule has 2 fully saturated rings. The van der Waals surface area contributed by atoms with Gasteiger partial charge in [0.25, 0.3) is 5.91 Å². The summed E-state index contributed by atoms with van der Waals surface area (Å²) in [5.41, 5.74) is -2.67. The summed E-state index contributed by atoms with van der Waals surface area (Å²) < 4.78 is 70.5. The van der Waals surface area contributed by atoms with Crippen LogP contribution in [0.1, 0.15) is 32.3 Å². The summed E-state index contributed by atoms with van der Waals surface area (Å²) in [6, 6.07) is 2.80. The second kappa shape index (κ2) is 6.12. The van der Waals surface area contributed by atoms with Gasteiger partial charge in [0.1, 0.15) is 5.75 Å². The number of carbonyl (C=O) groups is 1. The van der Waals surface area contributed by atoms with Crippen LogP contribution >= 0.6 is 0 Å². The smallest absolute Gasteiger partial charge is 0.407 e. The lowest BCUT2D eigenvalue weighted by atomic mass is 9.89. The van der Waals surface area contributed by atoms with Crippen molar-refractivity contribution in [2.75, 3.05) is 6.54 Å². The quantitative estimate of drug-likeness (QED) is 0.725. The lowest BCUT2D eigenvalue weighted by molar-refractivity contribution is -0.137. The summed E-state index contributed by atoms with van der Waals surface area (Å²) in [5, 5.41) is -0.578. The van der Waals surface area contributed by atoms with Gasteiger partial charge in [-0.1, -0.05) is 19.9 Å². The van der Waals surface area contributed by atoms with Gasteiger partial charge < -0.3 is 4.74 Å². The van der Waals surface area contributed by atoms with Crippen molar-refractivity contribution in [3.8, 4) is 5.75 Å². The van der Waals surface area contributed by atoms with E-state index in [1.54, 1.807) is 13.8 Å². The van der Waals surface area contributed by atoms with Gasteiger partial charge in [0.2, 0.25) is 10.0 Å². The van der Waals surface area contributed by atoms with Crippen LogP contribution in [0.5, 0.6) is 5.75 Å². The Morgan fingerprint density at radius 1 is 1.30 bits per heavy atom. The van der Waals surface area contributed by atoms with Gasteiger partial charge in [0.15, 0.2) is 11.8 Å². The van der Waals surface area contributed by atoms with Crippen LogP contribution in [-0.4, -0.2) is 36.5 Å². The number of carbonyl (C=O) groups excluding carboxylic acids is 1. The molecule has 0 aromatic heterocycles. The first-order valence-electron chi connectivity index (χ1n) is 8.18. The second-order valence-electron chi connectivity index (χ2n) is 7.36. The fraction of sp³-hybridized carbons (Fsp3) is 0.529. The molecule has 3 rings (SSSR count). The number of halogens is 3. The first-order chi connectivity index (χ1) is 12.4. The number of nitrogens with zero attached hydrogens (tertiary/aromatic N) is 2. The van der Waals surface area contributed by atoms with Crippen LogP contribution in [0.25, 0.3) is 4.85 Å². The van der Waals surface area contributed by atoms with Gasteiger partial charge in [-0.05, 0) is 25.0 Å². The van der Waals surface area contributed by atoms with Crippen molar-refractivity contribution in [2.45, 2.75) is 44.2 Å². The fourth-order valence-corrected chi connectivity index (χ4v) is 4.97. The molecule has 1 saturated heterocycles. The van der Waals surface area contributed by atoms with Crippen LogP contribution in [0.4, 0.5) is 18.9 Å². The molecule has 1 heterocycles. The monoisotopic (exact) mass is 402 g/mol. The Morgan fingerprint density at radius 3 is 2.44 bits per heavy atom. The van der Waals surface area contributed by atoms with Crippen LogP contribution in [0.2, 0.25) is 0 Å². The minimum absolute atomic E-state index is 0.0956. The van der Waals surface area contributed by atoms with Crippen molar-refractivity contribution in [2.24, 2.45) is 5.41 Å². The maximum atomic E-state index is 13.1. The standard InChI is InChI=1S/C17H17F3N2O4S/c1-16(2)9-22(27(24,25)11-5-6-11)15(23)14(16)26-10-4-7-13(21-3)12(8-10)17(18,19)20/h4,7-8,11,14H,5-6,9H2,1-2H3. The maximum Gasteiger partial charge on any atom is 0.407 e. The molecular weight excluding hydrogens is 385 g/mol. The van der Waals surface area contributed by atoms with Crippen molar-refractivity contribution in [1.29, 1.82) is 0 Å². The molecule has 1 unspecified atom stereocenters. The number of hydrogen-bond acceptors (Lipinski definition) is 4. The highest BCUT2D eigenvalue weighted by atomic mass is 32.2. The van der Waals surface area contributed by atoms with Crippen molar-refractivity contribution in [3.63, 3.8) is 0 Å². The van der Waals surface area contributed by atoms with E-state index in [9.17, 15) is 26.4 Å². The van der Waals surface area contributed by atoms with Gasteiger partial charge in [-0.2, -0.15) is 13.2 Å². The van der Waals surface area contributed by atoms with Gasteiger partial charge in [0, 0.05) is 12.0 Å². The highest BCUT2D eigenvalue weighted by molar-refractivity contribution is 7.90. The van der Waals surface area contributed by atoms with Crippen LogP contribution in [-0.2, 0) is 21.0 Å². The molecule has 146 valence electrons. The Balaban J connectivity index is 1.91. The van der Waals surface area contributed by atoms with Gasteiger partial charge in [-0.3, -0.25) is 4.79 Å². The minimum atomic E-state index is -4.75. The molecule has 1 aliphatic heterocycles. The maximum absolute atomic E-state index is 13.1. The largest absolute Gasteiger partial charge is 0.480 e. The Kier molecular flexibility index (Phi) is 4.42. The summed E-state index contributed by atoms with van der Waals surface area (Å²) in [6.07, 6.45) is -5.02. The van der Waals surface area contributed by atoms with E-state index < -0.39 is 50.1 Å². The summed E-state index contributed by atoms with van der Waals surface area (Å²) in [5.74, 6) is -1.03. The number of amides is 1. The zero-order valence-corrected chi connectivity index (χ0v) is 15.4. The highest BCUT2D eigenvalue weighted by Crippen LogP contribution is 2.42. The van der Waals surface area contributed by atoms with Crippen LogP contribution in [0, 0.1) is 12.0 Å². The lowest BCUT2D eigenvalue weighted by Crippen LogP contribution is -2.39. The van der Waals surface area contributed by atoms with Crippen LogP contribution < -0.4 is 4.74 Å². The second-order valence-corrected chi connectivity index (χ2v) is 9.50. The Morgan fingerprint density at radius 2 is 1.93 bits per heavy atom. The average molecular weight is 402 g/mol. The first-order valence-corrected chi connectivity index (χ1v) is 9.69. The number of sulfonamides is 1. The van der Waals surface area contributed by atoms with E-state index in [1.807, 2.05) is 0 Å². The van der Waals surface area contributed by atoms with E-state index in [0.29, 0.717) is 18.9 Å². The summed E-state index contributed by atoms with van der Waals surface area (Å²) in [6.45, 7) is 10.00. The number of ether oxygens (including phenoxy) is 1. The van der Waals surface area contributed by atoms with E-state index in [4.69, 9.17) is 11.3 Å². The van der Waals surface area contributed by atoms with Crippen LogP contribution in [0.15, 0.2) is 18.2 Å². The molecule has 0 radical (unpaired) electrons. The van der Waals surface area contributed by atoms with Crippen molar-refractivity contribution in [3.05, 3.63) is 35.2 Å². The molecule has 1 amide bonds. The summed E-state index contributed by atoms with van der Waals surface area (Å²) in [7, 11) is -3.77. The Hall–Kier alpha value is -2.28. The third-order valence-electron chi connectivity index (χ3n) is 4.63. The molecule has 0 N–H and O–H groups in total. The molecule has 1 aromatic rings. The number of alkyl halides is 3. The van der Waals surface area contributed by atoms with Crippen LogP contribution in [0.3, 0.4) is 0 Å². The third-order valence-corrected chi connectivity index (χ3v) is 6.87. The normalized spacial score (nSPS) is 22.6. The molecule has 6 nitrogen and oxygen atoms in total. The Bertz CT molecular complexity index is 930. The first kappa shape index (κ1) is 19.5. The van der Waals surface area contributed by atoms with E-state index in [-0.39, 0.29) is 12.3 Å². The summed E-state index contributed by atoms with van der Waals surface area (Å²) >= 11 is 0. The minimum Gasteiger partial charge on any atom is -0.480 e. The zero-order valence-electron chi connectivity index (χ0n) is 14.6. The molecular formula is C17H17F3N2O4S. The Labute approximate surface area is 154 Å². The van der Waals surface area contributed by atoms with E-state index >= 15 is 0 Å². The number of benzene rings is 1. The van der Waals surface area contributed by atoms with E-state index in [0.717, 1.165) is 10.4 Å².